The first-order valence-corrected chi connectivity index (χ1v) is 9.23. The van der Waals surface area contributed by atoms with Crippen LogP contribution in [0, 0.1) is 0 Å². The first-order chi connectivity index (χ1) is 11.7. The van der Waals surface area contributed by atoms with E-state index in [-0.39, 0.29) is 0 Å². The van der Waals surface area contributed by atoms with Crippen molar-refractivity contribution in [1.29, 1.82) is 0 Å². The highest BCUT2D eigenvalue weighted by Gasteiger charge is 2.03. The van der Waals surface area contributed by atoms with Crippen LogP contribution in [0.4, 0.5) is 11.4 Å². The molecule has 0 bridgehead atoms. The van der Waals surface area contributed by atoms with Crippen LogP contribution in [0.3, 0.4) is 0 Å². The summed E-state index contributed by atoms with van der Waals surface area (Å²) in [5.74, 6) is 0. The van der Waals surface area contributed by atoms with Crippen molar-refractivity contribution in [1.82, 2.24) is 0 Å². The van der Waals surface area contributed by atoms with Gasteiger partial charge in [0.1, 0.15) is 0 Å². The maximum Gasteiger partial charge on any atom is 0.0930 e. The van der Waals surface area contributed by atoms with Gasteiger partial charge in [0.15, 0.2) is 0 Å². The average Bonchev–Trinajstić information content (AvgIpc) is 2.61. The van der Waals surface area contributed by atoms with Crippen molar-refractivity contribution in [3.8, 4) is 0 Å². The van der Waals surface area contributed by atoms with Crippen molar-refractivity contribution in [3.63, 3.8) is 0 Å². The van der Waals surface area contributed by atoms with Crippen LogP contribution < -0.4 is 10.2 Å². The van der Waals surface area contributed by atoms with E-state index in [1.807, 2.05) is 24.3 Å². The predicted octanol–water partition coefficient (Wildman–Crippen LogP) is 5.66. The number of benzene rings is 2. The standard InChI is InChI=1S/C19H22BrN3S/c1-3-23(4-2)18-10-8-15(9-11-18)19(13-24)22-14-21-17-7-5-6-16(20)12-17/h5-14,24H,3-4H2,1-2H3,(H,21,22)/b19-13-. The molecule has 0 saturated heterocycles. The van der Waals surface area contributed by atoms with Gasteiger partial charge in [-0.25, -0.2) is 4.99 Å². The topological polar surface area (TPSA) is 27.6 Å². The van der Waals surface area contributed by atoms with Crippen LogP contribution in [0.1, 0.15) is 19.4 Å². The molecular formula is C19H22BrN3S. The number of halogens is 1. The monoisotopic (exact) mass is 403 g/mol. The fraction of sp³-hybridized carbons (Fsp3) is 0.211. The Hall–Kier alpha value is -1.72. The minimum atomic E-state index is 0.812. The molecule has 126 valence electrons. The van der Waals surface area contributed by atoms with E-state index < -0.39 is 0 Å². The summed E-state index contributed by atoms with van der Waals surface area (Å²) in [7, 11) is 0. The summed E-state index contributed by atoms with van der Waals surface area (Å²) in [5.41, 5.74) is 4.04. The maximum atomic E-state index is 4.47. The molecule has 0 unspecified atom stereocenters. The molecule has 0 spiro atoms. The molecular weight excluding hydrogens is 382 g/mol. The van der Waals surface area contributed by atoms with E-state index in [1.54, 1.807) is 11.7 Å². The van der Waals surface area contributed by atoms with E-state index in [0.717, 1.165) is 34.5 Å². The maximum absolute atomic E-state index is 4.47. The van der Waals surface area contributed by atoms with E-state index in [1.165, 1.54) is 5.69 Å². The van der Waals surface area contributed by atoms with Gasteiger partial charge >= 0.3 is 0 Å². The normalized spacial score (nSPS) is 11.8. The number of hydrogen-bond acceptors (Lipinski definition) is 3. The second-order valence-corrected chi connectivity index (χ2v) is 6.32. The Morgan fingerprint density at radius 1 is 1.17 bits per heavy atom. The molecule has 0 aliphatic carbocycles. The third kappa shape index (κ3) is 5.14. The van der Waals surface area contributed by atoms with Gasteiger partial charge in [0.25, 0.3) is 0 Å². The summed E-state index contributed by atoms with van der Waals surface area (Å²) in [6.45, 7) is 6.32. The Morgan fingerprint density at radius 3 is 2.46 bits per heavy atom. The van der Waals surface area contributed by atoms with Crippen molar-refractivity contribution >= 4 is 52.0 Å². The smallest absolute Gasteiger partial charge is 0.0930 e. The van der Waals surface area contributed by atoms with Gasteiger partial charge in [-0.1, -0.05) is 34.1 Å². The van der Waals surface area contributed by atoms with Crippen LogP contribution in [-0.4, -0.2) is 19.4 Å². The van der Waals surface area contributed by atoms with E-state index in [9.17, 15) is 0 Å². The summed E-state index contributed by atoms with van der Waals surface area (Å²) < 4.78 is 1.03. The van der Waals surface area contributed by atoms with E-state index in [2.05, 4.69) is 81.9 Å². The molecule has 0 amide bonds. The van der Waals surface area contributed by atoms with Crippen LogP contribution in [0.15, 0.2) is 63.4 Å². The van der Waals surface area contributed by atoms with Crippen LogP contribution in [0.5, 0.6) is 0 Å². The van der Waals surface area contributed by atoms with Gasteiger partial charge < -0.3 is 10.2 Å². The van der Waals surface area contributed by atoms with Crippen molar-refractivity contribution in [2.24, 2.45) is 4.99 Å². The molecule has 0 aliphatic rings. The number of hydrogen-bond donors (Lipinski definition) is 2. The Bertz CT molecular complexity index is 707. The summed E-state index contributed by atoms with van der Waals surface area (Å²) in [6, 6.07) is 16.3. The third-order valence-electron chi connectivity index (χ3n) is 3.67. The molecule has 1 N–H and O–H groups in total. The quantitative estimate of drug-likeness (QED) is 0.354. The zero-order valence-corrected chi connectivity index (χ0v) is 16.4. The summed E-state index contributed by atoms with van der Waals surface area (Å²) >= 11 is 7.74. The van der Waals surface area contributed by atoms with Gasteiger partial charge in [0, 0.05) is 34.5 Å². The molecule has 0 heterocycles. The molecule has 3 nitrogen and oxygen atoms in total. The molecule has 2 rings (SSSR count). The van der Waals surface area contributed by atoms with Crippen LogP contribution in [0.25, 0.3) is 5.70 Å². The first-order valence-electron chi connectivity index (χ1n) is 7.92. The molecule has 0 atom stereocenters. The van der Waals surface area contributed by atoms with Crippen molar-refractivity contribution < 1.29 is 0 Å². The first kappa shape index (κ1) is 18.6. The molecule has 0 aliphatic heterocycles. The Labute approximate surface area is 158 Å². The minimum absolute atomic E-state index is 0.812. The highest BCUT2D eigenvalue weighted by Crippen LogP contribution is 2.21. The van der Waals surface area contributed by atoms with E-state index in [0.29, 0.717) is 0 Å². The molecule has 0 fully saturated rings. The van der Waals surface area contributed by atoms with Gasteiger partial charge in [0.2, 0.25) is 0 Å². The molecule has 0 aromatic heterocycles. The minimum Gasteiger partial charge on any atom is -0.372 e. The number of thiol groups is 1. The lowest BCUT2D eigenvalue weighted by molar-refractivity contribution is 0.866. The summed E-state index contributed by atoms with van der Waals surface area (Å²) in [6.07, 6.45) is 1.68. The largest absolute Gasteiger partial charge is 0.372 e. The Balaban J connectivity index is 2.07. The summed E-state index contributed by atoms with van der Waals surface area (Å²) in [4.78, 5) is 6.78. The highest BCUT2D eigenvalue weighted by atomic mass is 79.9. The number of anilines is 2. The second kappa shape index (κ2) is 9.55. The van der Waals surface area contributed by atoms with Crippen LogP contribution >= 0.6 is 28.6 Å². The fourth-order valence-corrected chi connectivity index (χ4v) is 2.98. The number of aliphatic imine (C=N–C) groups is 1. The van der Waals surface area contributed by atoms with Gasteiger partial charge in [-0.05, 0) is 49.6 Å². The molecule has 0 saturated carbocycles. The van der Waals surface area contributed by atoms with Crippen molar-refractivity contribution in [2.45, 2.75) is 13.8 Å². The highest BCUT2D eigenvalue weighted by molar-refractivity contribution is 9.10. The van der Waals surface area contributed by atoms with Gasteiger partial charge in [-0.3, -0.25) is 0 Å². The van der Waals surface area contributed by atoms with E-state index in [4.69, 9.17) is 0 Å². The van der Waals surface area contributed by atoms with Crippen LogP contribution in [0.2, 0.25) is 0 Å². The number of nitrogens with zero attached hydrogens (tertiary/aromatic N) is 2. The zero-order chi connectivity index (χ0) is 17.4. The SMILES string of the molecule is CCN(CC)c1ccc(/C(=C/S)N=CNc2cccc(Br)c2)cc1. The van der Waals surface area contributed by atoms with E-state index >= 15 is 0 Å². The third-order valence-corrected chi connectivity index (χ3v) is 4.41. The lowest BCUT2D eigenvalue weighted by atomic mass is 10.1. The van der Waals surface area contributed by atoms with Crippen LogP contribution in [-0.2, 0) is 0 Å². The summed E-state index contributed by atoms with van der Waals surface area (Å²) in [5, 5.41) is 4.88. The molecule has 2 aromatic carbocycles. The lowest BCUT2D eigenvalue weighted by Crippen LogP contribution is -2.21. The zero-order valence-electron chi connectivity index (χ0n) is 13.9. The molecule has 0 radical (unpaired) electrons. The second-order valence-electron chi connectivity index (χ2n) is 5.15. The number of rotatable bonds is 7. The fourth-order valence-electron chi connectivity index (χ4n) is 2.37. The molecule has 24 heavy (non-hydrogen) atoms. The lowest BCUT2D eigenvalue weighted by Gasteiger charge is -2.21. The van der Waals surface area contributed by atoms with Gasteiger partial charge in [-0.2, -0.15) is 0 Å². The Kier molecular flexibility index (Phi) is 7.40. The Morgan fingerprint density at radius 2 is 1.88 bits per heavy atom. The van der Waals surface area contributed by atoms with Gasteiger partial charge in [-0.15, -0.1) is 12.6 Å². The average molecular weight is 404 g/mol. The molecule has 2 aromatic rings. The van der Waals surface area contributed by atoms with Crippen molar-refractivity contribution in [3.05, 3.63) is 64.0 Å². The van der Waals surface area contributed by atoms with Gasteiger partial charge in [0.05, 0.1) is 12.0 Å². The molecule has 5 heteroatoms. The number of nitrogens with one attached hydrogen (secondary N) is 1. The van der Waals surface area contributed by atoms with Crippen molar-refractivity contribution in [2.75, 3.05) is 23.3 Å². The predicted molar refractivity (Wildman–Crippen MR) is 113 cm³/mol.